The number of hydrogen-bond acceptors (Lipinski definition) is 3. The first-order valence-electron chi connectivity index (χ1n) is 10.7. The maximum absolute atomic E-state index is 15.9. The van der Waals surface area contributed by atoms with E-state index >= 15 is 4.39 Å². The number of carbonyl (C=O) groups is 2. The summed E-state index contributed by atoms with van der Waals surface area (Å²) >= 11 is 0. The monoisotopic (exact) mass is 459 g/mol. The van der Waals surface area contributed by atoms with Gasteiger partial charge in [-0.2, -0.15) is 0 Å². The van der Waals surface area contributed by atoms with Crippen LogP contribution in [0.1, 0.15) is 20.8 Å². The molecule has 0 radical (unpaired) electrons. The van der Waals surface area contributed by atoms with Gasteiger partial charge < -0.3 is 19.5 Å². The van der Waals surface area contributed by atoms with Gasteiger partial charge in [0.25, 0.3) is 11.8 Å². The van der Waals surface area contributed by atoms with Crippen LogP contribution in [0.3, 0.4) is 0 Å². The lowest BCUT2D eigenvalue weighted by atomic mass is 9.94. The van der Waals surface area contributed by atoms with Gasteiger partial charge in [-0.1, -0.05) is 30.3 Å². The van der Waals surface area contributed by atoms with Crippen molar-refractivity contribution in [1.29, 1.82) is 0 Å². The van der Waals surface area contributed by atoms with Crippen LogP contribution in [-0.4, -0.2) is 61.9 Å². The maximum atomic E-state index is 15.9. The Balaban J connectivity index is 2.03. The summed E-state index contributed by atoms with van der Waals surface area (Å²) in [7, 11) is 8.20. The number of nitrogens with zero attached hydrogens (tertiary/aromatic N) is 2. The molecule has 3 aromatic carbocycles. The van der Waals surface area contributed by atoms with E-state index < -0.39 is 5.82 Å². The quantitative estimate of drug-likeness (QED) is 0.454. The number of halogens is 1. The fraction of sp³-hybridized carbons (Fsp3) is 0.185. The second kappa shape index (κ2) is 9.02. The summed E-state index contributed by atoms with van der Waals surface area (Å²) < 4.78 is 21.5. The third-order valence-corrected chi connectivity index (χ3v) is 5.71. The van der Waals surface area contributed by atoms with Gasteiger partial charge in [0.05, 0.1) is 12.6 Å². The molecule has 0 saturated carbocycles. The number of para-hydroxylation sites is 1. The lowest BCUT2D eigenvalue weighted by Crippen LogP contribution is -2.21. The van der Waals surface area contributed by atoms with Gasteiger partial charge >= 0.3 is 0 Å². The second-order valence-corrected chi connectivity index (χ2v) is 8.44. The summed E-state index contributed by atoms with van der Waals surface area (Å²) in [5, 5.41) is 0.566. The highest BCUT2D eigenvalue weighted by molar-refractivity contribution is 6.06. The molecule has 7 heteroatoms. The molecule has 0 fully saturated rings. The van der Waals surface area contributed by atoms with Crippen molar-refractivity contribution in [3.05, 3.63) is 77.7 Å². The Morgan fingerprint density at radius 2 is 1.53 bits per heavy atom. The van der Waals surface area contributed by atoms with Crippen molar-refractivity contribution in [1.82, 2.24) is 14.8 Å². The Bertz CT molecular complexity index is 1410. The number of rotatable bonds is 5. The van der Waals surface area contributed by atoms with Gasteiger partial charge in [0.15, 0.2) is 5.82 Å². The molecule has 174 valence electrons. The number of methoxy groups -OCH3 is 1. The number of ether oxygens (including phenoxy) is 1. The van der Waals surface area contributed by atoms with E-state index in [1.807, 2.05) is 24.3 Å². The van der Waals surface area contributed by atoms with E-state index in [0.29, 0.717) is 33.4 Å². The summed E-state index contributed by atoms with van der Waals surface area (Å²) in [6.45, 7) is 0. The van der Waals surface area contributed by atoms with E-state index in [2.05, 4.69) is 4.98 Å². The van der Waals surface area contributed by atoms with E-state index in [1.54, 1.807) is 71.7 Å². The highest BCUT2D eigenvalue weighted by Gasteiger charge is 2.22. The molecule has 0 spiro atoms. The van der Waals surface area contributed by atoms with E-state index in [9.17, 15) is 9.59 Å². The lowest BCUT2D eigenvalue weighted by molar-refractivity contribution is 0.0817. The molecule has 1 aromatic heterocycles. The van der Waals surface area contributed by atoms with Gasteiger partial charge in [0.1, 0.15) is 11.4 Å². The molecular formula is C27H26FN3O3. The fourth-order valence-corrected chi connectivity index (χ4v) is 3.99. The molecule has 0 saturated heterocycles. The Morgan fingerprint density at radius 3 is 2.21 bits per heavy atom. The normalized spacial score (nSPS) is 10.9. The van der Waals surface area contributed by atoms with Gasteiger partial charge in [0.2, 0.25) is 0 Å². The largest absolute Gasteiger partial charge is 0.496 e. The molecule has 1 N–H and O–H groups in total. The predicted octanol–water partition coefficient (Wildman–Crippen LogP) is 5.05. The van der Waals surface area contributed by atoms with Crippen LogP contribution >= 0.6 is 0 Å². The van der Waals surface area contributed by atoms with Crippen LogP contribution < -0.4 is 4.74 Å². The first-order chi connectivity index (χ1) is 16.2. The molecule has 1 heterocycles. The highest BCUT2D eigenvalue weighted by atomic mass is 19.1. The number of benzene rings is 3. The van der Waals surface area contributed by atoms with Crippen LogP contribution in [0, 0.1) is 5.82 Å². The standard InChI is InChI=1S/C27H26FN3O3/c1-30(2)26(32)17-10-8-9-16(13-17)19-14-20(18-11-6-7-12-23(18)34-5)21-15-22(27(33)31(3)4)29-25(21)24(19)28/h6-15,29H,1-5H3. The Morgan fingerprint density at radius 1 is 0.824 bits per heavy atom. The SMILES string of the molecule is COc1ccccc1-c1cc(-c2cccc(C(=O)N(C)C)c2)c(F)c2[nH]c(C(=O)N(C)C)cc12. The van der Waals surface area contributed by atoms with Crippen LogP contribution in [0.25, 0.3) is 33.2 Å². The average molecular weight is 460 g/mol. The summed E-state index contributed by atoms with van der Waals surface area (Å²) in [4.78, 5) is 31.0. The molecule has 2 amide bonds. The van der Waals surface area contributed by atoms with Gasteiger partial charge in [-0.25, -0.2) is 4.39 Å². The van der Waals surface area contributed by atoms with E-state index in [4.69, 9.17) is 4.74 Å². The Hall–Kier alpha value is -4.13. The minimum absolute atomic E-state index is 0.174. The zero-order chi connectivity index (χ0) is 24.6. The molecule has 4 aromatic rings. The second-order valence-electron chi connectivity index (χ2n) is 8.44. The van der Waals surface area contributed by atoms with Crippen LogP contribution in [0.15, 0.2) is 60.7 Å². The molecule has 0 bridgehead atoms. The zero-order valence-corrected chi connectivity index (χ0v) is 19.8. The summed E-state index contributed by atoms with van der Waals surface area (Å²) in [6.07, 6.45) is 0. The number of amides is 2. The maximum Gasteiger partial charge on any atom is 0.269 e. The van der Waals surface area contributed by atoms with Crippen LogP contribution in [0.5, 0.6) is 5.75 Å². The third-order valence-electron chi connectivity index (χ3n) is 5.71. The third kappa shape index (κ3) is 4.01. The molecular weight excluding hydrogens is 433 g/mol. The van der Waals surface area contributed by atoms with Crippen LogP contribution in [0.4, 0.5) is 4.39 Å². The van der Waals surface area contributed by atoms with Gasteiger partial charge in [-0.15, -0.1) is 0 Å². The molecule has 0 atom stereocenters. The van der Waals surface area contributed by atoms with Crippen LogP contribution in [0.2, 0.25) is 0 Å². The zero-order valence-electron chi connectivity index (χ0n) is 19.8. The van der Waals surface area contributed by atoms with Gasteiger partial charge in [0, 0.05) is 50.3 Å². The van der Waals surface area contributed by atoms with Crippen molar-refractivity contribution in [2.24, 2.45) is 0 Å². The van der Waals surface area contributed by atoms with Gasteiger partial charge in [-0.3, -0.25) is 9.59 Å². The number of hydrogen-bond donors (Lipinski definition) is 1. The number of aromatic nitrogens is 1. The van der Waals surface area contributed by atoms with Crippen molar-refractivity contribution >= 4 is 22.7 Å². The minimum atomic E-state index is -0.499. The molecule has 0 aliphatic heterocycles. The number of aromatic amines is 1. The molecule has 34 heavy (non-hydrogen) atoms. The Labute approximate surface area is 197 Å². The summed E-state index contributed by atoms with van der Waals surface area (Å²) in [5.74, 6) is -0.311. The van der Waals surface area contributed by atoms with Crippen molar-refractivity contribution < 1.29 is 18.7 Å². The molecule has 0 aliphatic carbocycles. The van der Waals surface area contributed by atoms with E-state index in [-0.39, 0.29) is 23.0 Å². The fourth-order valence-electron chi connectivity index (χ4n) is 3.99. The molecule has 6 nitrogen and oxygen atoms in total. The van der Waals surface area contributed by atoms with Gasteiger partial charge in [-0.05, 0) is 41.5 Å². The van der Waals surface area contributed by atoms with Crippen molar-refractivity contribution in [3.8, 4) is 28.0 Å². The first kappa shape index (κ1) is 23.0. The van der Waals surface area contributed by atoms with Crippen LogP contribution in [-0.2, 0) is 0 Å². The van der Waals surface area contributed by atoms with Crippen molar-refractivity contribution in [2.45, 2.75) is 0 Å². The minimum Gasteiger partial charge on any atom is -0.496 e. The van der Waals surface area contributed by atoms with Crippen molar-refractivity contribution in [2.75, 3.05) is 35.3 Å². The molecule has 4 rings (SSSR count). The topological polar surface area (TPSA) is 65.6 Å². The molecule has 0 unspecified atom stereocenters. The van der Waals surface area contributed by atoms with Crippen molar-refractivity contribution in [3.63, 3.8) is 0 Å². The van der Waals surface area contributed by atoms with E-state index in [1.165, 1.54) is 9.80 Å². The van der Waals surface area contributed by atoms with E-state index in [0.717, 1.165) is 5.56 Å². The lowest BCUT2D eigenvalue weighted by Gasteiger charge is -2.14. The number of H-pyrrole nitrogens is 1. The smallest absolute Gasteiger partial charge is 0.269 e. The average Bonchev–Trinajstić information content (AvgIpc) is 3.29. The Kier molecular flexibility index (Phi) is 6.11. The summed E-state index contributed by atoms with van der Waals surface area (Å²) in [5.41, 5.74) is 3.29. The first-order valence-corrected chi connectivity index (χ1v) is 10.7. The number of nitrogens with one attached hydrogen (secondary N) is 1. The number of fused-ring (bicyclic) bond motifs is 1. The predicted molar refractivity (Wildman–Crippen MR) is 132 cm³/mol. The number of carbonyl (C=O) groups excluding carboxylic acids is 2. The summed E-state index contributed by atoms with van der Waals surface area (Å²) in [6, 6.07) is 17.7. The highest BCUT2D eigenvalue weighted by Crippen LogP contribution is 2.40. The molecule has 0 aliphatic rings.